The summed E-state index contributed by atoms with van der Waals surface area (Å²) in [6.07, 6.45) is -4.43. The number of ether oxygens (including phenoxy) is 1. The van der Waals surface area contributed by atoms with Gasteiger partial charge in [0.25, 0.3) is 0 Å². The number of aliphatic hydroxyl groups is 1. The number of aliphatic hydroxyl groups excluding tert-OH is 1. The first-order valence-corrected chi connectivity index (χ1v) is 4.89. The molecular weight excluding hydrogens is 221 g/mol. The molecule has 90 valence electrons. The molecule has 0 bridgehead atoms. The third-order valence-corrected chi connectivity index (χ3v) is 2.17. The van der Waals surface area contributed by atoms with E-state index in [0.29, 0.717) is 12.4 Å². The quantitative estimate of drug-likeness (QED) is 0.867. The second-order valence-electron chi connectivity index (χ2n) is 3.28. The van der Waals surface area contributed by atoms with Crippen molar-refractivity contribution in [2.45, 2.75) is 19.0 Å². The first kappa shape index (κ1) is 12.8. The second kappa shape index (κ2) is 5.21. The van der Waals surface area contributed by atoms with E-state index >= 15 is 0 Å². The third kappa shape index (κ3) is 3.13. The summed E-state index contributed by atoms with van der Waals surface area (Å²) >= 11 is 0. The molecule has 1 aromatic carbocycles. The number of alkyl halides is 3. The summed E-state index contributed by atoms with van der Waals surface area (Å²) in [5.41, 5.74) is 0.0402. The highest BCUT2D eigenvalue weighted by Gasteiger charge is 2.40. The summed E-state index contributed by atoms with van der Waals surface area (Å²) in [5.74, 6) is -1.31. The molecule has 0 aromatic heterocycles. The van der Waals surface area contributed by atoms with E-state index in [9.17, 15) is 13.2 Å². The molecule has 0 heterocycles. The van der Waals surface area contributed by atoms with E-state index in [2.05, 4.69) is 0 Å². The van der Waals surface area contributed by atoms with Crippen LogP contribution in [0.15, 0.2) is 24.3 Å². The van der Waals surface area contributed by atoms with Crippen LogP contribution in [0.3, 0.4) is 0 Å². The average molecular weight is 234 g/mol. The molecule has 0 aliphatic rings. The van der Waals surface area contributed by atoms with Crippen LogP contribution in [0, 0.1) is 0 Å². The Morgan fingerprint density at radius 3 is 2.19 bits per heavy atom. The fraction of sp³-hybridized carbons (Fsp3) is 0.455. The van der Waals surface area contributed by atoms with Gasteiger partial charge in [-0.25, -0.2) is 0 Å². The first-order chi connectivity index (χ1) is 7.49. The van der Waals surface area contributed by atoms with Gasteiger partial charge in [-0.1, -0.05) is 12.1 Å². The number of halogens is 3. The Morgan fingerprint density at radius 2 is 1.81 bits per heavy atom. The molecule has 0 aliphatic carbocycles. The zero-order valence-electron chi connectivity index (χ0n) is 8.79. The predicted octanol–water partition coefficient (Wildman–Crippen LogP) is 2.72. The predicted molar refractivity (Wildman–Crippen MR) is 53.5 cm³/mol. The maximum absolute atomic E-state index is 12.5. The Balaban J connectivity index is 2.87. The van der Waals surface area contributed by atoms with E-state index in [0.717, 1.165) is 0 Å². The molecule has 1 atom stereocenters. The Bertz CT molecular complexity index is 319. The Kier molecular flexibility index (Phi) is 4.18. The van der Waals surface area contributed by atoms with Crippen LogP contribution in [0.25, 0.3) is 0 Å². The minimum Gasteiger partial charge on any atom is -0.494 e. The summed E-state index contributed by atoms with van der Waals surface area (Å²) < 4.78 is 42.5. The maximum Gasteiger partial charge on any atom is 0.397 e. The van der Waals surface area contributed by atoms with Gasteiger partial charge in [-0.05, 0) is 24.6 Å². The lowest BCUT2D eigenvalue weighted by Crippen LogP contribution is -2.23. The van der Waals surface area contributed by atoms with Crippen molar-refractivity contribution in [1.82, 2.24) is 0 Å². The van der Waals surface area contributed by atoms with Crippen LogP contribution < -0.4 is 4.74 Å². The molecule has 0 saturated heterocycles. The van der Waals surface area contributed by atoms with Crippen LogP contribution in [-0.4, -0.2) is 24.5 Å². The minimum atomic E-state index is -4.43. The zero-order valence-corrected chi connectivity index (χ0v) is 8.79. The SMILES string of the molecule is CCOc1ccc([C@@H](CO)C(F)(F)F)cc1. The van der Waals surface area contributed by atoms with Crippen molar-refractivity contribution >= 4 is 0 Å². The van der Waals surface area contributed by atoms with Crippen molar-refractivity contribution in [1.29, 1.82) is 0 Å². The van der Waals surface area contributed by atoms with Gasteiger partial charge in [0.1, 0.15) is 11.7 Å². The van der Waals surface area contributed by atoms with Gasteiger partial charge in [0.2, 0.25) is 0 Å². The van der Waals surface area contributed by atoms with Crippen molar-refractivity contribution in [3.05, 3.63) is 29.8 Å². The maximum atomic E-state index is 12.5. The first-order valence-electron chi connectivity index (χ1n) is 4.89. The number of rotatable bonds is 4. The molecule has 0 aliphatic heterocycles. The van der Waals surface area contributed by atoms with Gasteiger partial charge in [-0.3, -0.25) is 0 Å². The molecule has 0 spiro atoms. The molecule has 1 N–H and O–H groups in total. The summed E-state index contributed by atoms with van der Waals surface area (Å²) in [7, 11) is 0. The average Bonchev–Trinajstić information content (AvgIpc) is 2.20. The Morgan fingerprint density at radius 1 is 1.25 bits per heavy atom. The Hall–Kier alpha value is -1.23. The van der Waals surface area contributed by atoms with Gasteiger partial charge in [0, 0.05) is 0 Å². The van der Waals surface area contributed by atoms with Crippen molar-refractivity contribution in [2.75, 3.05) is 13.2 Å². The summed E-state index contributed by atoms with van der Waals surface area (Å²) in [4.78, 5) is 0. The summed E-state index contributed by atoms with van der Waals surface area (Å²) in [6.45, 7) is 1.31. The van der Waals surface area contributed by atoms with Crippen molar-refractivity contribution in [3.63, 3.8) is 0 Å². The van der Waals surface area contributed by atoms with Crippen LogP contribution in [0.5, 0.6) is 5.75 Å². The van der Waals surface area contributed by atoms with Crippen molar-refractivity contribution in [2.24, 2.45) is 0 Å². The van der Waals surface area contributed by atoms with E-state index in [1.54, 1.807) is 6.92 Å². The highest BCUT2D eigenvalue weighted by Crippen LogP contribution is 2.34. The van der Waals surface area contributed by atoms with Crippen molar-refractivity contribution < 1.29 is 23.0 Å². The molecule has 0 fully saturated rings. The van der Waals surface area contributed by atoms with Gasteiger partial charge < -0.3 is 9.84 Å². The lowest BCUT2D eigenvalue weighted by molar-refractivity contribution is -0.158. The van der Waals surface area contributed by atoms with Crippen LogP contribution >= 0.6 is 0 Å². The van der Waals surface area contributed by atoms with E-state index < -0.39 is 18.7 Å². The number of benzene rings is 1. The Labute approximate surface area is 91.7 Å². The molecule has 0 unspecified atom stereocenters. The van der Waals surface area contributed by atoms with Gasteiger partial charge in [0.05, 0.1) is 13.2 Å². The molecule has 1 aromatic rings. The van der Waals surface area contributed by atoms with Crippen LogP contribution in [-0.2, 0) is 0 Å². The summed E-state index contributed by atoms with van der Waals surface area (Å²) in [6, 6.07) is 5.57. The molecule has 0 radical (unpaired) electrons. The largest absolute Gasteiger partial charge is 0.494 e. The van der Waals surface area contributed by atoms with Crippen molar-refractivity contribution in [3.8, 4) is 5.75 Å². The second-order valence-corrected chi connectivity index (χ2v) is 3.28. The lowest BCUT2D eigenvalue weighted by Gasteiger charge is -2.18. The fourth-order valence-electron chi connectivity index (χ4n) is 1.36. The van der Waals surface area contributed by atoms with E-state index in [1.165, 1.54) is 24.3 Å². The molecule has 0 saturated carbocycles. The van der Waals surface area contributed by atoms with Crippen LogP contribution in [0.1, 0.15) is 18.4 Å². The highest BCUT2D eigenvalue weighted by atomic mass is 19.4. The van der Waals surface area contributed by atoms with Gasteiger partial charge >= 0.3 is 6.18 Å². The fourth-order valence-corrected chi connectivity index (χ4v) is 1.36. The van der Waals surface area contributed by atoms with Crippen LogP contribution in [0.4, 0.5) is 13.2 Å². The molecule has 2 nitrogen and oxygen atoms in total. The minimum absolute atomic E-state index is 0.0402. The third-order valence-electron chi connectivity index (χ3n) is 2.17. The zero-order chi connectivity index (χ0) is 12.2. The monoisotopic (exact) mass is 234 g/mol. The number of hydrogen-bond acceptors (Lipinski definition) is 2. The molecule has 0 amide bonds. The topological polar surface area (TPSA) is 29.5 Å². The molecule has 5 heteroatoms. The van der Waals surface area contributed by atoms with Gasteiger partial charge in [0.15, 0.2) is 0 Å². The van der Waals surface area contributed by atoms with E-state index in [4.69, 9.17) is 9.84 Å². The molecular formula is C11H13F3O2. The lowest BCUT2D eigenvalue weighted by atomic mass is 9.99. The van der Waals surface area contributed by atoms with E-state index in [-0.39, 0.29) is 5.56 Å². The standard InChI is InChI=1S/C11H13F3O2/c1-2-16-9-5-3-8(4-6-9)10(7-15)11(12,13)14/h3-6,10,15H,2,7H2,1H3/t10-/m1/s1. The van der Waals surface area contributed by atoms with E-state index in [1.807, 2.05) is 0 Å². The normalized spacial score (nSPS) is 13.6. The van der Waals surface area contributed by atoms with Crippen LogP contribution in [0.2, 0.25) is 0 Å². The molecule has 1 rings (SSSR count). The summed E-state index contributed by atoms with van der Waals surface area (Å²) in [5, 5.41) is 8.74. The smallest absolute Gasteiger partial charge is 0.397 e. The van der Waals surface area contributed by atoms with Gasteiger partial charge in [-0.2, -0.15) is 13.2 Å². The molecule has 16 heavy (non-hydrogen) atoms. The number of hydrogen-bond donors (Lipinski definition) is 1. The highest BCUT2D eigenvalue weighted by molar-refractivity contribution is 5.30. The van der Waals surface area contributed by atoms with Gasteiger partial charge in [-0.15, -0.1) is 0 Å².